The lowest BCUT2D eigenvalue weighted by Crippen LogP contribution is -2.31. The third-order valence-corrected chi connectivity index (χ3v) is 9.24. The smallest absolute Gasteiger partial charge is 0.137 e. The first-order chi connectivity index (χ1) is 11.9. The molecule has 0 radical (unpaired) electrons. The van der Waals surface area contributed by atoms with Crippen molar-refractivity contribution in [3.8, 4) is 0 Å². The van der Waals surface area contributed by atoms with Gasteiger partial charge in [-0.25, -0.2) is 4.86 Å². The molecule has 3 nitrogen and oxygen atoms in total. The van der Waals surface area contributed by atoms with Gasteiger partial charge in [-0.15, -0.1) is 0 Å². The van der Waals surface area contributed by atoms with Crippen molar-refractivity contribution in [2.45, 2.75) is 0 Å². The number of rotatable bonds is 3. The molecule has 1 fully saturated rings. The third-order valence-electron chi connectivity index (χ3n) is 3.69. The van der Waals surface area contributed by atoms with Gasteiger partial charge in [0, 0.05) is 16.7 Å². The minimum absolute atomic E-state index is 0.590. The first kappa shape index (κ1) is 16.0. The summed E-state index contributed by atoms with van der Waals surface area (Å²) < 4.78 is 5.02. The second-order valence-electron chi connectivity index (χ2n) is 5.27. The molecule has 0 aliphatic carbocycles. The van der Waals surface area contributed by atoms with Gasteiger partial charge in [0.05, 0.1) is 17.8 Å². The van der Waals surface area contributed by atoms with Crippen molar-refractivity contribution in [2.75, 3.05) is 8.88 Å². The van der Waals surface area contributed by atoms with E-state index in [1.165, 1.54) is 16.7 Å². The SMILES string of the molecule is c1ccc(N2PNPN(c3ccccc3)P2c2ccccc2)cc1. The van der Waals surface area contributed by atoms with Crippen LogP contribution in [0.1, 0.15) is 0 Å². The predicted molar refractivity (Wildman–Crippen MR) is 111 cm³/mol. The van der Waals surface area contributed by atoms with Crippen LogP contribution in [0, 0.1) is 0 Å². The molecule has 0 saturated carbocycles. The van der Waals surface area contributed by atoms with E-state index in [0.717, 1.165) is 0 Å². The summed E-state index contributed by atoms with van der Waals surface area (Å²) in [6, 6.07) is 32.3. The van der Waals surface area contributed by atoms with Gasteiger partial charge in [-0.1, -0.05) is 66.7 Å². The molecule has 24 heavy (non-hydrogen) atoms. The summed E-state index contributed by atoms with van der Waals surface area (Å²) in [6.07, 6.45) is 0. The molecule has 120 valence electrons. The van der Waals surface area contributed by atoms with Crippen molar-refractivity contribution in [1.29, 1.82) is 0 Å². The lowest BCUT2D eigenvalue weighted by atomic mass is 10.3. The molecule has 1 saturated heterocycles. The summed E-state index contributed by atoms with van der Waals surface area (Å²) in [5.41, 5.74) is 2.53. The molecule has 3 aromatic carbocycles. The summed E-state index contributed by atoms with van der Waals surface area (Å²) >= 11 is 0. The minimum atomic E-state index is -0.617. The summed E-state index contributed by atoms with van der Waals surface area (Å²) in [6.45, 7) is 0. The van der Waals surface area contributed by atoms with E-state index in [1.54, 1.807) is 0 Å². The number of hydrogen-bond donors (Lipinski definition) is 1. The Labute approximate surface area is 147 Å². The average molecular weight is 369 g/mol. The van der Waals surface area contributed by atoms with Crippen LogP contribution in [0.2, 0.25) is 0 Å². The zero-order chi connectivity index (χ0) is 16.2. The second-order valence-corrected chi connectivity index (χ2v) is 10.3. The fraction of sp³-hybridized carbons (Fsp3) is 0. The van der Waals surface area contributed by atoms with Gasteiger partial charge >= 0.3 is 0 Å². The molecule has 1 aliphatic rings. The van der Waals surface area contributed by atoms with E-state index in [2.05, 4.69) is 105 Å². The highest BCUT2D eigenvalue weighted by molar-refractivity contribution is 7.86. The number of nitrogens with one attached hydrogen (secondary N) is 1. The molecule has 1 heterocycles. The van der Waals surface area contributed by atoms with Crippen LogP contribution >= 0.6 is 26.0 Å². The maximum Gasteiger partial charge on any atom is 0.137 e. The van der Waals surface area contributed by atoms with E-state index in [4.69, 9.17) is 0 Å². The maximum atomic E-state index is 3.61. The van der Waals surface area contributed by atoms with Crippen LogP contribution < -0.4 is 19.0 Å². The van der Waals surface area contributed by atoms with Gasteiger partial charge in [-0.3, -0.25) is 8.88 Å². The third kappa shape index (κ3) is 3.32. The highest BCUT2D eigenvalue weighted by Crippen LogP contribution is 2.61. The Morgan fingerprint density at radius 1 is 0.583 bits per heavy atom. The molecule has 0 spiro atoms. The molecule has 6 heteroatoms. The van der Waals surface area contributed by atoms with E-state index in [0.29, 0.717) is 17.8 Å². The van der Waals surface area contributed by atoms with Crippen LogP contribution in [0.15, 0.2) is 91.0 Å². The van der Waals surface area contributed by atoms with Crippen molar-refractivity contribution in [3.05, 3.63) is 91.0 Å². The first-order valence-corrected chi connectivity index (χ1v) is 10.9. The Hall–Kier alpha value is -1.49. The molecular weight excluding hydrogens is 351 g/mol. The van der Waals surface area contributed by atoms with E-state index in [9.17, 15) is 0 Å². The highest BCUT2D eigenvalue weighted by Gasteiger charge is 2.32. The Balaban J connectivity index is 1.79. The number of anilines is 2. The lowest BCUT2D eigenvalue weighted by molar-refractivity contribution is 1.44. The molecular formula is C18H18N3P3. The maximum absolute atomic E-state index is 3.61. The largest absolute Gasteiger partial charge is 0.297 e. The number of benzene rings is 3. The molecule has 3 aromatic rings. The Morgan fingerprint density at radius 3 is 1.46 bits per heavy atom. The van der Waals surface area contributed by atoms with Gasteiger partial charge in [0.1, 0.15) is 8.22 Å². The molecule has 2 atom stereocenters. The van der Waals surface area contributed by atoms with E-state index in [1.807, 2.05) is 0 Å². The predicted octanol–water partition coefficient (Wildman–Crippen LogP) is 5.26. The van der Waals surface area contributed by atoms with Crippen molar-refractivity contribution in [2.24, 2.45) is 0 Å². The van der Waals surface area contributed by atoms with Gasteiger partial charge in [-0.05, 0) is 24.3 Å². The van der Waals surface area contributed by atoms with Gasteiger partial charge in [0.15, 0.2) is 0 Å². The number of hydrogen-bond acceptors (Lipinski definition) is 3. The Kier molecular flexibility index (Phi) is 5.07. The normalized spacial score (nSPS) is 19.8. The van der Waals surface area contributed by atoms with Crippen LogP contribution in [0.5, 0.6) is 0 Å². The van der Waals surface area contributed by atoms with Gasteiger partial charge in [-0.2, -0.15) is 0 Å². The van der Waals surface area contributed by atoms with Gasteiger partial charge in [0.2, 0.25) is 0 Å². The Bertz CT molecular complexity index is 724. The van der Waals surface area contributed by atoms with Crippen LogP contribution in [0.25, 0.3) is 0 Å². The van der Waals surface area contributed by atoms with Crippen LogP contribution in [0.3, 0.4) is 0 Å². The molecule has 2 unspecified atom stereocenters. The monoisotopic (exact) mass is 369 g/mol. The van der Waals surface area contributed by atoms with Gasteiger partial charge in [0.25, 0.3) is 0 Å². The first-order valence-electron chi connectivity index (χ1n) is 7.75. The van der Waals surface area contributed by atoms with Crippen molar-refractivity contribution in [1.82, 2.24) is 4.86 Å². The van der Waals surface area contributed by atoms with Crippen molar-refractivity contribution in [3.63, 3.8) is 0 Å². The standard InChI is InChI=1S/C18H18N3P3/c1-4-10-16(11-5-1)20-22-19-23-21(17-12-6-2-7-13-17)24(20)18-14-8-3-9-15-18/h1-15,19,22-23H. The Morgan fingerprint density at radius 2 is 1.00 bits per heavy atom. The zero-order valence-corrected chi connectivity index (χ0v) is 15.9. The minimum Gasteiger partial charge on any atom is -0.297 e. The quantitative estimate of drug-likeness (QED) is 0.636. The molecule has 0 bridgehead atoms. The average Bonchev–Trinajstić information content (AvgIpc) is 2.69. The molecule has 4 rings (SSSR count). The molecule has 1 aliphatic heterocycles. The summed E-state index contributed by atoms with van der Waals surface area (Å²) in [4.78, 5) is 3.61. The highest BCUT2D eigenvalue weighted by atomic mass is 31.2. The second kappa shape index (κ2) is 7.60. The van der Waals surface area contributed by atoms with Crippen molar-refractivity contribution < 1.29 is 0 Å². The fourth-order valence-electron chi connectivity index (χ4n) is 2.59. The zero-order valence-electron chi connectivity index (χ0n) is 13.0. The van der Waals surface area contributed by atoms with E-state index >= 15 is 0 Å². The van der Waals surface area contributed by atoms with E-state index in [-0.39, 0.29) is 0 Å². The topological polar surface area (TPSA) is 18.5 Å². The lowest BCUT2D eigenvalue weighted by Gasteiger charge is -2.45. The molecule has 0 aromatic heterocycles. The number of para-hydroxylation sites is 2. The van der Waals surface area contributed by atoms with Crippen molar-refractivity contribution >= 4 is 42.7 Å². The fourth-order valence-corrected chi connectivity index (χ4v) is 9.14. The van der Waals surface area contributed by atoms with Gasteiger partial charge < -0.3 is 0 Å². The van der Waals surface area contributed by atoms with Crippen LogP contribution in [0.4, 0.5) is 11.4 Å². The molecule has 1 N–H and O–H groups in total. The summed E-state index contributed by atoms with van der Waals surface area (Å²) in [7, 11) is 0.562. The van der Waals surface area contributed by atoms with E-state index < -0.39 is 8.22 Å². The summed E-state index contributed by atoms with van der Waals surface area (Å²) in [5.74, 6) is 0. The summed E-state index contributed by atoms with van der Waals surface area (Å²) in [5, 5.41) is 1.38. The van der Waals surface area contributed by atoms with Crippen LogP contribution in [-0.2, 0) is 0 Å². The van der Waals surface area contributed by atoms with Crippen LogP contribution in [-0.4, -0.2) is 0 Å². The number of nitrogens with zero attached hydrogens (tertiary/aromatic N) is 2. The molecule has 0 amide bonds.